The molecule has 2 N–H and O–H groups in total. The molecule has 0 amide bonds. The first-order valence-electron chi connectivity index (χ1n) is 7.29. The Morgan fingerprint density at radius 3 is 2.57 bits per heavy atom. The predicted molar refractivity (Wildman–Crippen MR) is 84.5 cm³/mol. The fourth-order valence-corrected chi connectivity index (χ4v) is 1.97. The Labute approximate surface area is 124 Å². The molecule has 0 fully saturated rings. The zero-order chi connectivity index (χ0) is 15.1. The van der Waals surface area contributed by atoms with Crippen LogP contribution >= 0.6 is 0 Å². The van der Waals surface area contributed by atoms with Crippen LogP contribution in [0.5, 0.6) is 0 Å². The smallest absolute Gasteiger partial charge is 0.224 e. The first-order valence-corrected chi connectivity index (χ1v) is 7.29. The molecule has 1 heterocycles. The summed E-state index contributed by atoms with van der Waals surface area (Å²) >= 11 is 0. The third kappa shape index (κ3) is 5.02. The summed E-state index contributed by atoms with van der Waals surface area (Å²) in [7, 11) is 0. The minimum atomic E-state index is -0.252. The van der Waals surface area contributed by atoms with Crippen LogP contribution in [0.3, 0.4) is 0 Å². The Kier molecular flexibility index (Phi) is 5.49. The lowest BCUT2D eigenvalue weighted by Gasteiger charge is -2.10. The Balaban J connectivity index is 2.02. The van der Waals surface area contributed by atoms with Crippen LogP contribution in [0.1, 0.15) is 31.9 Å². The minimum absolute atomic E-state index is 0.252. The Morgan fingerprint density at radius 2 is 1.86 bits per heavy atom. The highest BCUT2D eigenvalue weighted by Crippen LogP contribution is 2.17. The molecule has 21 heavy (non-hydrogen) atoms. The number of anilines is 3. The third-order valence-corrected chi connectivity index (χ3v) is 3.03. The zero-order valence-corrected chi connectivity index (χ0v) is 12.5. The number of nitrogens with one attached hydrogen (secondary N) is 2. The molecule has 0 radical (unpaired) electrons. The van der Waals surface area contributed by atoms with E-state index in [-0.39, 0.29) is 5.82 Å². The van der Waals surface area contributed by atoms with Crippen molar-refractivity contribution < 1.29 is 4.39 Å². The number of hydrogen-bond acceptors (Lipinski definition) is 4. The van der Waals surface area contributed by atoms with E-state index in [1.165, 1.54) is 25.0 Å². The summed E-state index contributed by atoms with van der Waals surface area (Å²) in [6.07, 6.45) is 3.49. The Hall–Kier alpha value is -2.17. The predicted octanol–water partition coefficient (Wildman–Crippen LogP) is 4.27. The lowest BCUT2D eigenvalue weighted by Crippen LogP contribution is -2.07. The van der Waals surface area contributed by atoms with Gasteiger partial charge in [-0.3, -0.25) is 0 Å². The quantitative estimate of drug-likeness (QED) is 0.747. The number of hydrogen-bond donors (Lipinski definition) is 2. The first-order chi connectivity index (χ1) is 10.2. The number of unbranched alkanes of at least 4 members (excludes halogenated alkanes) is 2. The fourth-order valence-electron chi connectivity index (χ4n) is 1.97. The molecule has 0 atom stereocenters. The number of rotatable bonds is 7. The van der Waals surface area contributed by atoms with Gasteiger partial charge in [-0.1, -0.05) is 19.8 Å². The van der Waals surface area contributed by atoms with Gasteiger partial charge in [0.1, 0.15) is 11.6 Å². The van der Waals surface area contributed by atoms with E-state index in [1.54, 1.807) is 12.1 Å². The second kappa shape index (κ2) is 7.57. The normalized spacial score (nSPS) is 10.4. The van der Waals surface area contributed by atoms with Gasteiger partial charge in [0, 0.05) is 24.0 Å². The van der Waals surface area contributed by atoms with E-state index >= 15 is 0 Å². The fraction of sp³-hybridized carbons (Fsp3) is 0.375. The van der Waals surface area contributed by atoms with Gasteiger partial charge in [0.2, 0.25) is 5.95 Å². The number of benzene rings is 1. The maximum Gasteiger partial charge on any atom is 0.224 e. The highest BCUT2D eigenvalue weighted by molar-refractivity contribution is 5.57. The second-order valence-electron chi connectivity index (χ2n) is 4.98. The van der Waals surface area contributed by atoms with Gasteiger partial charge in [-0.05, 0) is 37.6 Å². The largest absolute Gasteiger partial charge is 0.354 e. The molecule has 1 aromatic heterocycles. The molecule has 0 aliphatic heterocycles. The van der Waals surface area contributed by atoms with E-state index in [2.05, 4.69) is 27.5 Å². The summed E-state index contributed by atoms with van der Waals surface area (Å²) in [5.41, 5.74) is 1.68. The molecule has 0 aliphatic rings. The van der Waals surface area contributed by atoms with E-state index in [4.69, 9.17) is 0 Å². The van der Waals surface area contributed by atoms with Crippen LogP contribution in [0.15, 0.2) is 30.3 Å². The summed E-state index contributed by atoms with van der Waals surface area (Å²) in [5.74, 6) is 1.07. The SMILES string of the molecule is CCCCCNc1nc(C)cc(Nc2ccc(F)cc2)n1. The van der Waals surface area contributed by atoms with Crippen molar-refractivity contribution in [1.82, 2.24) is 9.97 Å². The molecule has 112 valence electrons. The lowest BCUT2D eigenvalue weighted by atomic mass is 10.2. The van der Waals surface area contributed by atoms with Crippen LogP contribution in [0, 0.1) is 12.7 Å². The standard InChI is InChI=1S/C16H21FN4/c1-3-4-5-10-18-16-19-12(2)11-15(21-16)20-14-8-6-13(17)7-9-14/h6-9,11H,3-5,10H2,1-2H3,(H2,18,19,20,21). The van der Waals surface area contributed by atoms with Crippen molar-refractivity contribution in [2.45, 2.75) is 33.1 Å². The van der Waals surface area contributed by atoms with Gasteiger partial charge in [0.25, 0.3) is 0 Å². The average molecular weight is 288 g/mol. The molecule has 2 aromatic rings. The van der Waals surface area contributed by atoms with E-state index in [0.717, 1.165) is 24.3 Å². The molecule has 5 heteroatoms. The molecule has 4 nitrogen and oxygen atoms in total. The molecule has 0 saturated heterocycles. The summed E-state index contributed by atoms with van der Waals surface area (Å²) in [4.78, 5) is 8.79. The number of halogens is 1. The van der Waals surface area contributed by atoms with Crippen LogP contribution < -0.4 is 10.6 Å². The van der Waals surface area contributed by atoms with Crippen molar-refractivity contribution in [2.75, 3.05) is 17.2 Å². The van der Waals surface area contributed by atoms with Crippen molar-refractivity contribution >= 4 is 17.5 Å². The molecule has 0 aliphatic carbocycles. The molecule has 1 aromatic carbocycles. The van der Waals surface area contributed by atoms with Gasteiger partial charge in [0.15, 0.2) is 0 Å². The second-order valence-corrected chi connectivity index (χ2v) is 4.98. The molecule has 0 unspecified atom stereocenters. The van der Waals surface area contributed by atoms with Crippen LogP contribution in [-0.4, -0.2) is 16.5 Å². The third-order valence-electron chi connectivity index (χ3n) is 3.03. The van der Waals surface area contributed by atoms with E-state index in [1.807, 2.05) is 13.0 Å². The average Bonchev–Trinajstić information content (AvgIpc) is 2.46. The maximum absolute atomic E-state index is 12.9. The number of nitrogens with zero attached hydrogens (tertiary/aromatic N) is 2. The monoisotopic (exact) mass is 288 g/mol. The van der Waals surface area contributed by atoms with Crippen molar-refractivity contribution in [2.24, 2.45) is 0 Å². The highest BCUT2D eigenvalue weighted by Gasteiger charge is 2.03. The zero-order valence-electron chi connectivity index (χ0n) is 12.5. The van der Waals surface area contributed by atoms with E-state index < -0.39 is 0 Å². The number of aromatic nitrogens is 2. The van der Waals surface area contributed by atoms with Gasteiger partial charge in [-0.25, -0.2) is 9.37 Å². The minimum Gasteiger partial charge on any atom is -0.354 e. The molecule has 2 rings (SSSR count). The molecular formula is C16H21FN4. The van der Waals surface area contributed by atoms with Gasteiger partial charge in [-0.15, -0.1) is 0 Å². The van der Waals surface area contributed by atoms with E-state index in [0.29, 0.717) is 11.8 Å². The van der Waals surface area contributed by atoms with Crippen molar-refractivity contribution in [3.8, 4) is 0 Å². The van der Waals surface area contributed by atoms with Crippen LogP contribution in [-0.2, 0) is 0 Å². The van der Waals surface area contributed by atoms with Gasteiger partial charge < -0.3 is 10.6 Å². The summed E-state index contributed by atoms with van der Waals surface area (Å²) in [6.45, 7) is 4.97. The summed E-state index contributed by atoms with van der Waals surface area (Å²) in [6, 6.07) is 8.06. The van der Waals surface area contributed by atoms with Crippen LogP contribution in [0.25, 0.3) is 0 Å². The topological polar surface area (TPSA) is 49.8 Å². The Morgan fingerprint density at radius 1 is 1.10 bits per heavy atom. The molecule has 0 bridgehead atoms. The summed E-state index contributed by atoms with van der Waals surface area (Å²) in [5, 5.41) is 6.39. The summed E-state index contributed by atoms with van der Waals surface area (Å²) < 4.78 is 12.9. The van der Waals surface area contributed by atoms with Crippen molar-refractivity contribution in [3.63, 3.8) is 0 Å². The van der Waals surface area contributed by atoms with Crippen LogP contribution in [0.4, 0.5) is 21.8 Å². The van der Waals surface area contributed by atoms with Crippen LogP contribution in [0.2, 0.25) is 0 Å². The van der Waals surface area contributed by atoms with Crippen molar-refractivity contribution in [1.29, 1.82) is 0 Å². The van der Waals surface area contributed by atoms with Crippen molar-refractivity contribution in [3.05, 3.63) is 41.8 Å². The van der Waals surface area contributed by atoms with Gasteiger partial charge in [0.05, 0.1) is 0 Å². The van der Waals surface area contributed by atoms with Gasteiger partial charge >= 0.3 is 0 Å². The highest BCUT2D eigenvalue weighted by atomic mass is 19.1. The van der Waals surface area contributed by atoms with E-state index in [9.17, 15) is 4.39 Å². The Bertz CT molecular complexity index is 569. The molecular weight excluding hydrogens is 267 g/mol. The maximum atomic E-state index is 12.9. The first kappa shape index (κ1) is 15.2. The lowest BCUT2D eigenvalue weighted by molar-refractivity contribution is 0.628. The molecule has 0 spiro atoms. The molecule has 0 saturated carbocycles. The number of aryl methyl sites for hydroxylation is 1. The van der Waals surface area contributed by atoms with Gasteiger partial charge in [-0.2, -0.15) is 4.98 Å².